The molecule has 3 N–H and O–H groups in total. The monoisotopic (exact) mass is 350 g/mol. The first-order valence-electron chi connectivity index (χ1n) is 8.56. The molecule has 2 aliphatic heterocycles. The van der Waals surface area contributed by atoms with Crippen LogP contribution in [0, 0.1) is 0 Å². The molecule has 1 saturated heterocycles. The van der Waals surface area contributed by atoms with Crippen molar-refractivity contribution in [2.45, 2.75) is 6.35 Å². The third-order valence-corrected chi connectivity index (χ3v) is 4.56. The quantitative estimate of drug-likeness (QED) is 0.719. The summed E-state index contributed by atoms with van der Waals surface area (Å²) in [5, 5.41) is 3.08. The lowest BCUT2D eigenvalue weighted by Crippen LogP contribution is -2.36. The Balaban J connectivity index is 1.51. The van der Waals surface area contributed by atoms with Gasteiger partial charge >= 0.3 is 0 Å². The molecular weight excluding hydrogens is 332 g/mol. The Morgan fingerprint density at radius 1 is 1.12 bits per heavy atom. The molecule has 5 rings (SSSR count). The summed E-state index contributed by atoms with van der Waals surface area (Å²) < 4.78 is 10.9. The number of fused-ring (bicyclic) bond motifs is 2. The molecule has 1 aromatic carbocycles. The standard InChI is InChI=1S/C18H18N6O2/c19-18-22-14-9-11(1-4-15(14)26-18)12-2-3-13-17(21-12)23-16(10-20-13)24-5-7-25-8-6-24/h1-4,9-10,18,22H,5-8,19H2. The number of aromatic nitrogens is 3. The van der Waals surface area contributed by atoms with Crippen molar-refractivity contribution in [1.82, 2.24) is 15.0 Å². The first-order valence-corrected chi connectivity index (χ1v) is 8.56. The fraction of sp³-hybridized carbons (Fsp3) is 0.278. The number of rotatable bonds is 2. The van der Waals surface area contributed by atoms with Gasteiger partial charge in [0.2, 0.25) is 6.35 Å². The van der Waals surface area contributed by atoms with Crippen LogP contribution >= 0.6 is 0 Å². The Morgan fingerprint density at radius 2 is 2.00 bits per heavy atom. The SMILES string of the molecule is NC1Nc2cc(-c3ccc4ncc(N5CCOCC5)nc4n3)ccc2O1. The van der Waals surface area contributed by atoms with Crippen LogP contribution in [-0.2, 0) is 4.74 Å². The number of pyridine rings is 1. The molecule has 4 heterocycles. The van der Waals surface area contributed by atoms with Gasteiger partial charge in [0, 0.05) is 18.7 Å². The molecule has 0 spiro atoms. The van der Waals surface area contributed by atoms with Crippen LogP contribution in [0.4, 0.5) is 11.5 Å². The van der Waals surface area contributed by atoms with Gasteiger partial charge < -0.3 is 19.7 Å². The van der Waals surface area contributed by atoms with E-state index in [2.05, 4.69) is 15.2 Å². The predicted molar refractivity (Wildman–Crippen MR) is 98.0 cm³/mol. The average Bonchev–Trinajstić information content (AvgIpc) is 3.07. The first-order chi connectivity index (χ1) is 12.8. The van der Waals surface area contributed by atoms with E-state index in [4.69, 9.17) is 25.2 Å². The third-order valence-electron chi connectivity index (χ3n) is 4.56. The summed E-state index contributed by atoms with van der Waals surface area (Å²) in [5.41, 5.74) is 9.82. The maximum Gasteiger partial charge on any atom is 0.225 e. The fourth-order valence-corrected chi connectivity index (χ4v) is 3.22. The molecule has 0 amide bonds. The molecule has 0 radical (unpaired) electrons. The van der Waals surface area contributed by atoms with Crippen molar-refractivity contribution >= 4 is 22.7 Å². The number of nitrogens with two attached hydrogens (primary N) is 1. The smallest absolute Gasteiger partial charge is 0.225 e. The zero-order valence-corrected chi connectivity index (χ0v) is 14.1. The molecule has 3 aromatic rings. The Labute approximate surface area is 150 Å². The molecule has 8 nitrogen and oxygen atoms in total. The largest absolute Gasteiger partial charge is 0.456 e. The number of nitrogens with zero attached hydrogens (tertiary/aromatic N) is 4. The molecule has 0 aliphatic carbocycles. The van der Waals surface area contributed by atoms with Gasteiger partial charge in [-0.25, -0.2) is 15.0 Å². The number of hydrogen-bond acceptors (Lipinski definition) is 8. The van der Waals surface area contributed by atoms with Crippen LogP contribution in [0.1, 0.15) is 0 Å². The minimum absolute atomic E-state index is 0.508. The van der Waals surface area contributed by atoms with Crippen molar-refractivity contribution in [3.8, 4) is 17.0 Å². The van der Waals surface area contributed by atoms with E-state index in [-0.39, 0.29) is 0 Å². The predicted octanol–water partition coefficient (Wildman–Crippen LogP) is 1.57. The number of morpholine rings is 1. The minimum atomic E-state index is -0.508. The highest BCUT2D eigenvalue weighted by Gasteiger charge is 2.19. The van der Waals surface area contributed by atoms with Crippen LogP contribution in [0.25, 0.3) is 22.4 Å². The van der Waals surface area contributed by atoms with Gasteiger partial charge in [-0.05, 0) is 30.3 Å². The van der Waals surface area contributed by atoms with Gasteiger partial charge in [-0.15, -0.1) is 0 Å². The van der Waals surface area contributed by atoms with E-state index in [1.807, 2.05) is 30.3 Å². The average molecular weight is 350 g/mol. The number of nitrogens with one attached hydrogen (secondary N) is 1. The van der Waals surface area contributed by atoms with E-state index in [1.165, 1.54) is 0 Å². The molecule has 0 bridgehead atoms. The first kappa shape index (κ1) is 15.3. The number of anilines is 2. The van der Waals surface area contributed by atoms with Crippen molar-refractivity contribution in [3.05, 3.63) is 36.5 Å². The van der Waals surface area contributed by atoms with Gasteiger partial charge in [-0.3, -0.25) is 5.73 Å². The van der Waals surface area contributed by atoms with Crippen molar-refractivity contribution < 1.29 is 9.47 Å². The van der Waals surface area contributed by atoms with Crippen LogP contribution in [0.2, 0.25) is 0 Å². The zero-order valence-electron chi connectivity index (χ0n) is 14.1. The maximum absolute atomic E-state index is 5.75. The Kier molecular flexibility index (Phi) is 3.58. The lowest BCUT2D eigenvalue weighted by molar-refractivity contribution is 0.122. The van der Waals surface area contributed by atoms with E-state index < -0.39 is 6.35 Å². The molecule has 132 valence electrons. The van der Waals surface area contributed by atoms with Gasteiger partial charge in [0.1, 0.15) is 17.1 Å². The molecular formula is C18H18N6O2. The second-order valence-electron chi connectivity index (χ2n) is 6.26. The topological polar surface area (TPSA) is 98.4 Å². The lowest BCUT2D eigenvalue weighted by atomic mass is 10.1. The second kappa shape index (κ2) is 6.08. The van der Waals surface area contributed by atoms with Gasteiger partial charge in [0.15, 0.2) is 5.65 Å². The molecule has 1 fully saturated rings. The summed E-state index contributed by atoms with van der Waals surface area (Å²) in [6.07, 6.45) is 1.29. The molecule has 8 heteroatoms. The lowest BCUT2D eigenvalue weighted by Gasteiger charge is -2.27. The van der Waals surface area contributed by atoms with Crippen molar-refractivity contribution in [3.63, 3.8) is 0 Å². The van der Waals surface area contributed by atoms with Crippen LogP contribution in [0.15, 0.2) is 36.5 Å². The summed E-state index contributed by atoms with van der Waals surface area (Å²) in [5.74, 6) is 1.58. The summed E-state index contributed by atoms with van der Waals surface area (Å²) in [6.45, 7) is 3.05. The molecule has 2 aromatic heterocycles. The van der Waals surface area contributed by atoms with Crippen molar-refractivity contribution in [1.29, 1.82) is 0 Å². The molecule has 1 atom stereocenters. The normalized spacial score (nSPS) is 19.1. The number of hydrogen-bond donors (Lipinski definition) is 2. The zero-order chi connectivity index (χ0) is 17.5. The summed E-state index contributed by atoms with van der Waals surface area (Å²) >= 11 is 0. The third kappa shape index (κ3) is 2.69. The van der Waals surface area contributed by atoms with E-state index >= 15 is 0 Å². The van der Waals surface area contributed by atoms with Gasteiger partial charge in [0.05, 0.1) is 30.8 Å². The summed E-state index contributed by atoms with van der Waals surface area (Å²) in [4.78, 5) is 16.1. The number of benzene rings is 1. The molecule has 1 unspecified atom stereocenters. The van der Waals surface area contributed by atoms with E-state index in [0.29, 0.717) is 18.9 Å². The van der Waals surface area contributed by atoms with Gasteiger partial charge in [-0.2, -0.15) is 0 Å². The van der Waals surface area contributed by atoms with Crippen LogP contribution in [-0.4, -0.2) is 47.6 Å². The fourth-order valence-electron chi connectivity index (χ4n) is 3.22. The van der Waals surface area contributed by atoms with E-state index in [1.54, 1.807) is 6.20 Å². The highest BCUT2D eigenvalue weighted by molar-refractivity contribution is 5.78. The maximum atomic E-state index is 5.75. The van der Waals surface area contributed by atoms with Crippen molar-refractivity contribution in [2.75, 3.05) is 36.5 Å². The Hall–Kier alpha value is -2.97. The van der Waals surface area contributed by atoms with Gasteiger partial charge in [0.25, 0.3) is 0 Å². The van der Waals surface area contributed by atoms with Crippen LogP contribution < -0.4 is 20.7 Å². The summed E-state index contributed by atoms with van der Waals surface area (Å²) in [7, 11) is 0. The van der Waals surface area contributed by atoms with E-state index in [0.717, 1.165) is 47.1 Å². The van der Waals surface area contributed by atoms with Crippen LogP contribution in [0.5, 0.6) is 5.75 Å². The van der Waals surface area contributed by atoms with E-state index in [9.17, 15) is 0 Å². The Morgan fingerprint density at radius 3 is 2.88 bits per heavy atom. The Bertz CT molecular complexity index is 973. The highest BCUT2D eigenvalue weighted by atomic mass is 16.5. The molecule has 26 heavy (non-hydrogen) atoms. The molecule has 2 aliphatic rings. The highest BCUT2D eigenvalue weighted by Crippen LogP contribution is 2.34. The summed E-state index contributed by atoms with van der Waals surface area (Å²) in [6, 6.07) is 9.73. The van der Waals surface area contributed by atoms with Crippen molar-refractivity contribution in [2.24, 2.45) is 5.73 Å². The second-order valence-corrected chi connectivity index (χ2v) is 6.26. The number of ether oxygens (including phenoxy) is 2. The van der Waals surface area contributed by atoms with Gasteiger partial charge in [-0.1, -0.05) is 0 Å². The van der Waals surface area contributed by atoms with Crippen LogP contribution in [0.3, 0.4) is 0 Å². The minimum Gasteiger partial charge on any atom is -0.456 e. The molecule has 0 saturated carbocycles.